The molecule has 2 aliphatic rings. The van der Waals surface area contributed by atoms with Crippen molar-refractivity contribution >= 4 is 41.0 Å². The number of piperazine rings is 1. The molecule has 3 aromatic carbocycles. The van der Waals surface area contributed by atoms with E-state index in [1.807, 2.05) is 54.3 Å². The van der Waals surface area contributed by atoms with Crippen LogP contribution in [0.2, 0.25) is 0 Å². The fraction of sp³-hybridized carbons (Fsp3) is 0.267. The molecule has 2 amide bonds. The lowest BCUT2D eigenvalue weighted by atomic mass is 10.1. The Morgan fingerprint density at radius 3 is 2.44 bits per heavy atom. The summed E-state index contributed by atoms with van der Waals surface area (Å²) in [7, 11) is 1.78. The number of hydrogen-bond acceptors (Lipinski definition) is 4. The summed E-state index contributed by atoms with van der Waals surface area (Å²) in [5.41, 5.74) is 6.01. The predicted molar refractivity (Wildman–Crippen MR) is 149 cm³/mol. The molecule has 184 valence electrons. The average molecular weight is 498 g/mol. The van der Waals surface area contributed by atoms with Gasteiger partial charge in [0.1, 0.15) is 0 Å². The van der Waals surface area contributed by atoms with Crippen molar-refractivity contribution in [3.63, 3.8) is 0 Å². The van der Waals surface area contributed by atoms with Gasteiger partial charge in [-0.3, -0.25) is 9.59 Å². The first-order valence-corrected chi connectivity index (χ1v) is 13.1. The van der Waals surface area contributed by atoms with Gasteiger partial charge >= 0.3 is 0 Å². The molecule has 3 aromatic rings. The van der Waals surface area contributed by atoms with Crippen LogP contribution in [0, 0.1) is 13.8 Å². The van der Waals surface area contributed by atoms with Gasteiger partial charge in [0, 0.05) is 48.9 Å². The highest BCUT2D eigenvalue weighted by molar-refractivity contribution is 8.04. The van der Waals surface area contributed by atoms with Gasteiger partial charge in [-0.2, -0.15) is 0 Å². The minimum atomic E-state index is -0.0565. The largest absolute Gasteiger partial charge is 0.365 e. The SMILES string of the molecule is Cc1cccc(C=C2Sc3ccc(C(=O)N4CCN(c5cccc(C)c5)C(C)C4)cc3N(C)C2=O)c1. The molecule has 0 N–H and O–H groups in total. The van der Waals surface area contributed by atoms with Crippen LogP contribution >= 0.6 is 11.8 Å². The van der Waals surface area contributed by atoms with Crippen molar-refractivity contribution < 1.29 is 9.59 Å². The van der Waals surface area contributed by atoms with E-state index in [4.69, 9.17) is 0 Å². The monoisotopic (exact) mass is 497 g/mol. The van der Waals surface area contributed by atoms with E-state index in [9.17, 15) is 9.59 Å². The average Bonchev–Trinajstić information content (AvgIpc) is 2.86. The van der Waals surface area contributed by atoms with Crippen LogP contribution < -0.4 is 9.80 Å². The summed E-state index contributed by atoms with van der Waals surface area (Å²) in [6.45, 7) is 8.44. The van der Waals surface area contributed by atoms with Gasteiger partial charge in [-0.15, -0.1) is 0 Å². The lowest BCUT2D eigenvalue weighted by molar-refractivity contribution is -0.114. The lowest BCUT2D eigenvalue weighted by Crippen LogP contribution is -2.53. The maximum Gasteiger partial charge on any atom is 0.264 e. The first-order valence-electron chi connectivity index (χ1n) is 12.3. The van der Waals surface area contributed by atoms with Crippen LogP contribution in [0.5, 0.6) is 0 Å². The van der Waals surface area contributed by atoms with E-state index in [0.717, 1.165) is 28.3 Å². The Bertz CT molecular complexity index is 1370. The van der Waals surface area contributed by atoms with E-state index < -0.39 is 0 Å². The molecule has 0 spiro atoms. The van der Waals surface area contributed by atoms with Crippen LogP contribution in [0.3, 0.4) is 0 Å². The molecule has 6 heteroatoms. The first-order chi connectivity index (χ1) is 17.3. The molecule has 0 radical (unpaired) electrons. The van der Waals surface area contributed by atoms with Gasteiger partial charge in [0.2, 0.25) is 0 Å². The molecule has 0 bridgehead atoms. The van der Waals surface area contributed by atoms with Crippen molar-refractivity contribution in [2.75, 3.05) is 36.5 Å². The summed E-state index contributed by atoms with van der Waals surface area (Å²) in [6, 6.07) is 22.6. The number of likely N-dealkylation sites (N-methyl/N-ethyl adjacent to an activating group) is 1. The van der Waals surface area contributed by atoms with Crippen molar-refractivity contribution in [2.45, 2.75) is 31.7 Å². The maximum atomic E-state index is 13.4. The van der Waals surface area contributed by atoms with Crippen LogP contribution in [0.4, 0.5) is 11.4 Å². The predicted octanol–water partition coefficient (Wildman–Crippen LogP) is 5.76. The zero-order chi connectivity index (χ0) is 25.4. The molecular weight excluding hydrogens is 466 g/mol. The van der Waals surface area contributed by atoms with Crippen molar-refractivity contribution in [3.8, 4) is 0 Å². The molecule has 1 unspecified atom stereocenters. The number of amides is 2. The number of rotatable bonds is 3. The van der Waals surface area contributed by atoms with Crippen molar-refractivity contribution in [2.24, 2.45) is 0 Å². The summed E-state index contributed by atoms with van der Waals surface area (Å²) in [4.78, 5) is 34.2. The van der Waals surface area contributed by atoms with E-state index in [0.29, 0.717) is 23.6 Å². The van der Waals surface area contributed by atoms with E-state index in [2.05, 4.69) is 49.1 Å². The molecule has 0 aromatic heterocycles. The summed E-state index contributed by atoms with van der Waals surface area (Å²) in [5.74, 6) is -0.0421. The van der Waals surface area contributed by atoms with Crippen LogP contribution in [0.1, 0.15) is 34.0 Å². The topological polar surface area (TPSA) is 43.9 Å². The normalized spacial score (nSPS) is 19.0. The Balaban J connectivity index is 1.33. The molecule has 5 rings (SSSR count). The molecular formula is C30H31N3O2S. The number of thioether (sulfide) groups is 1. The second-order valence-electron chi connectivity index (χ2n) is 9.70. The van der Waals surface area contributed by atoms with Gasteiger partial charge in [0.25, 0.3) is 11.8 Å². The number of carbonyl (C=O) groups excluding carboxylic acids is 2. The summed E-state index contributed by atoms with van der Waals surface area (Å²) in [5, 5.41) is 0. The van der Waals surface area contributed by atoms with Gasteiger partial charge in [-0.25, -0.2) is 0 Å². The Kier molecular flexibility index (Phi) is 6.63. The third-order valence-corrected chi connectivity index (χ3v) is 7.97. The first kappa shape index (κ1) is 24.2. The van der Waals surface area contributed by atoms with Crippen LogP contribution in [-0.2, 0) is 4.79 Å². The number of hydrogen-bond donors (Lipinski definition) is 0. The van der Waals surface area contributed by atoms with Crippen LogP contribution in [-0.4, -0.2) is 49.4 Å². The van der Waals surface area contributed by atoms with E-state index in [1.165, 1.54) is 23.0 Å². The zero-order valence-corrected chi connectivity index (χ0v) is 22.0. The summed E-state index contributed by atoms with van der Waals surface area (Å²) < 4.78 is 0. The zero-order valence-electron chi connectivity index (χ0n) is 21.2. The quantitative estimate of drug-likeness (QED) is 0.431. The molecule has 5 nitrogen and oxygen atoms in total. The molecule has 2 aliphatic heterocycles. The molecule has 0 saturated carbocycles. The van der Waals surface area contributed by atoms with Crippen molar-refractivity contribution in [1.29, 1.82) is 0 Å². The fourth-order valence-electron chi connectivity index (χ4n) is 4.95. The lowest BCUT2D eigenvalue weighted by Gasteiger charge is -2.41. The third kappa shape index (κ3) is 4.78. The number of carbonyl (C=O) groups is 2. The van der Waals surface area contributed by atoms with Crippen LogP contribution in [0.25, 0.3) is 6.08 Å². The number of nitrogens with zero attached hydrogens (tertiary/aromatic N) is 3. The molecule has 36 heavy (non-hydrogen) atoms. The smallest absolute Gasteiger partial charge is 0.264 e. The highest BCUT2D eigenvalue weighted by Crippen LogP contribution is 2.42. The minimum Gasteiger partial charge on any atom is -0.365 e. The second kappa shape index (κ2) is 9.86. The number of fused-ring (bicyclic) bond motifs is 1. The highest BCUT2D eigenvalue weighted by Gasteiger charge is 2.30. The Labute approximate surface area is 217 Å². The Hall–Kier alpha value is -3.51. The number of benzene rings is 3. The van der Waals surface area contributed by atoms with Gasteiger partial charge in [0.05, 0.1) is 10.6 Å². The molecule has 0 aliphatic carbocycles. The van der Waals surface area contributed by atoms with Crippen molar-refractivity contribution in [1.82, 2.24) is 4.90 Å². The number of anilines is 2. The van der Waals surface area contributed by atoms with Gasteiger partial charge < -0.3 is 14.7 Å². The molecule has 1 fully saturated rings. The highest BCUT2D eigenvalue weighted by atomic mass is 32.2. The van der Waals surface area contributed by atoms with E-state index >= 15 is 0 Å². The molecule has 1 saturated heterocycles. The van der Waals surface area contributed by atoms with Crippen molar-refractivity contribution in [3.05, 3.63) is 93.9 Å². The standard InChI is InChI=1S/C30H31N3O2S/c1-20-7-5-9-23(15-20)17-28-30(35)31(4)26-18-24(11-12-27(26)36-28)29(34)32-13-14-33(22(3)19-32)25-10-6-8-21(2)16-25/h5-12,15-18,22H,13-14,19H2,1-4H3. The molecule has 1 atom stereocenters. The van der Waals surface area contributed by atoms with E-state index in [1.54, 1.807) is 11.9 Å². The fourth-order valence-corrected chi connectivity index (χ4v) is 6.05. The Morgan fingerprint density at radius 2 is 1.72 bits per heavy atom. The van der Waals surface area contributed by atoms with Gasteiger partial charge in [0.15, 0.2) is 0 Å². The van der Waals surface area contributed by atoms with Gasteiger partial charge in [-0.1, -0.05) is 53.7 Å². The maximum absolute atomic E-state index is 13.4. The third-order valence-electron chi connectivity index (χ3n) is 6.89. The summed E-state index contributed by atoms with van der Waals surface area (Å²) in [6.07, 6.45) is 1.94. The molecule has 2 heterocycles. The number of aryl methyl sites for hydroxylation is 2. The van der Waals surface area contributed by atoms with Crippen LogP contribution in [0.15, 0.2) is 76.5 Å². The Morgan fingerprint density at radius 1 is 0.972 bits per heavy atom. The van der Waals surface area contributed by atoms with E-state index in [-0.39, 0.29) is 17.9 Å². The minimum absolute atomic E-state index is 0.0143. The summed E-state index contributed by atoms with van der Waals surface area (Å²) >= 11 is 1.46. The van der Waals surface area contributed by atoms with Gasteiger partial charge in [-0.05, 0) is 68.3 Å². The second-order valence-corrected chi connectivity index (χ2v) is 10.8.